The van der Waals surface area contributed by atoms with Crippen LogP contribution in [0.1, 0.15) is 66.8 Å². The molecule has 7 nitrogen and oxygen atoms in total. The monoisotopic (exact) mass is 582 g/mol. The minimum Gasteiger partial charge on any atom is -0.444 e. The maximum atomic E-state index is 13.3. The average molecular weight is 583 g/mol. The van der Waals surface area contributed by atoms with Crippen molar-refractivity contribution in [3.05, 3.63) is 77.1 Å². The Morgan fingerprint density at radius 3 is 1.98 bits per heavy atom. The first-order chi connectivity index (χ1) is 19.0. The summed E-state index contributed by atoms with van der Waals surface area (Å²) in [6.07, 6.45) is -8.97. The third-order valence-electron chi connectivity index (χ3n) is 6.45. The van der Waals surface area contributed by atoms with Crippen LogP contribution in [0.4, 0.5) is 36.8 Å². The Hall–Kier alpha value is -4.03. The molecule has 0 atom stereocenters. The van der Waals surface area contributed by atoms with Crippen LogP contribution in [0.5, 0.6) is 0 Å². The number of halogens is 6. The molecule has 0 unspecified atom stereocenters. The molecule has 1 N–H and O–H groups in total. The highest BCUT2D eigenvalue weighted by Gasteiger charge is 2.42. The van der Waals surface area contributed by atoms with Gasteiger partial charge in [0.2, 0.25) is 0 Å². The number of hydrogen-bond acceptors (Lipinski definition) is 4. The van der Waals surface area contributed by atoms with Gasteiger partial charge in [0.1, 0.15) is 11.3 Å². The molecule has 1 fully saturated rings. The third kappa shape index (κ3) is 7.39. The van der Waals surface area contributed by atoms with E-state index in [1.54, 1.807) is 17.0 Å². The fourth-order valence-corrected chi connectivity index (χ4v) is 4.44. The van der Waals surface area contributed by atoms with Gasteiger partial charge in [-0.05, 0) is 81.5 Å². The van der Waals surface area contributed by atoms with E-state index in [0.717, 1.165) is 30.5 Å². The van der Waals surface area contributed by atoms with E-state index < -0.39 is 35.2 Å². The van der Waals surface area contributed by atoms with Gasteiger partial charge in [0.05, 0.1) is 5.69 Å². The number of nitrogens with one attached hydrogen (secondary N) is 1. The van der Waals surface area contributed by atoms with Crippen molar-refractivity contribution in [2.24, 2.45) is 0 Å². The average Bonchev–Trinajstić information content (AvgIpc) is 3.36. The molecule has 0 aliphatic carbocycles. The second-order valence-corrected chi connectivity index (χ2v) is 10.7. The number of alkyl halides is 6. The molecule has 1 aromatic heterocycles. The molecular formula is C28H28F6N4O3. The van der Waals surface area contributed by atoms with Gasteiger partial charge in [0.15, 0.2) is 5.69 Å². The molecule has 0 spiro atoms. The number of benzene rings is 2. The van der Waals surface area contributed by atoms with E-state index >= 15 is 0 Å². The van der Waals surface area contributed by atoms with Crippen molar-refractivity contribution in [3.63, 3.8) is 0 Å². The van der Waals surface area contributed by atoms with Crippen molar-refractivity contribution >= 4 is 17.7 Å². The summed E-state index contributed by atoms with van der Waals surface area (Å²) in [6.45, 7) is 6.55. The Labute approximate surface area is 232 Å². The number of anilines is 1. The predicted molar refractivity (Wildman–Crippen MR) is 138 cm³/mol. The fourth-order valence-electron chi connectivity index (χ4n) is 4.44. The van der Waals surface area contributed by atoms with Crippen LogP contribution in [0.15, 0.2) is 54.6 Å². The van der Waals surface area contributed by atoms with Gasteiger partial charge in [-0.2, -0.15) is 31.4 Å². The zero-order chi connectivity index (χ0) is 30.2. The first-order valence-electron chi connectivity index (χ1n) is 12.8. The van der Waals surface area contributed by atoms with Crippen molar-refractivity contribution in [1.82, 2.24) is 14.7 Å². The predicted octanol–water partition coefficient (Wildman–Crippen LogP) is 7.28. The second-order valence-electron chi connectivity index (χ2n) is 10.7. The molecule has 0 radical (unpaired) electrons. The molecular weight excluding hydrogens is 554 g/mol. The van der Waals surface area contributed by atoms with E-state index in [9.17, 15) is 35.9 Å². The lowest BCUT2D eigenvalue weighted by Crippen LogP contribution is -2.41. The Morgan fingerprint density at radius 1 is 0.878 bits per heavy atom. The Morgan fingerprint density at radius 2 is 1.46 bits per heavy atom. The summed E-state index contributed by atoms with van der Waals surface area (Å²) in [5.74, 6) is -0.265. The van der Waals surface area contributed by atoms with Gasteiger partial charge in [0.25, 0.3) is 5.91 Å². The van der Waals surface area contributed by atoms with Gasteiger partial charge in [0, 0.05) is 30.4 Å². The number of piperidine rings is 1. The molecule has 4 rings (SSSR count). The quantitative estimate of drug-likeness (QED) is 0.328. The van der Waals surface area contributed by atoms with E-state index in [4.69, 9.17) is 4.74 Å². The van der Waals surface area contributed by atoms with Crippen LogP contribution in [0, 0.1) is 0 Å². The van der Waals surface area contributed by atoms with Crippen LogP contribution < -0.4 is 5.32 Å². The van der Waals surface area contributed by atoms with Crippen LogP contribution in [0.3, 0.4) is 0 Å². The van der Waals surface area contributed by atoms with Crippen LogP contribution in [-0.4, -0.2) is 45.4 Å². The van der Waals surface area contributed by atoms with Gasteiger partial charge in [-0.3, -0.25) is 4.79 Å². The zero-order valence-electron chi connectivity index (χ0n) is 22.4. The number of amides is 2. The number of nitrogens with zero attached hydrogens (tertiary/aromatic N) is 3. The van der Waals surface area contributed by atoms with Gasteiger partial charge in [-0.15, -0.1) is 0 Å². The standard InChI is InChI=1S/C28H28F6N4O3/c1-26(2,3)41-25(40)37-14-12-18(13-15-37)17-4-6-19(7-5-17)24(39)35-20-8-10-21(11-9-20)38-23(28(32,33)34)16-22(36-38)27(29,30)31/h4-11,16,18H,12-15H2,1-3H3,(H,35,39). The highest BCUT2D eigenvalue weighted by atomic mass is 19.4. The summed E-state index contributed by atoms with van der Waals surface area (Å²) in [7, 11) is 0. The van der Waals surface area contributed by atoms with Gasteiger partial charge in [-0.25, -0.2) is 9.48 Å². The van der Waals surface area contributed by atoms with Gasteiger partial charge >= 0.3 is 18.4 Å². The maximum Gasteiger partial charge on any atom is 0.435 e. The lowest BCUT2D eigenvalue weighted by atomic mass is 9.89. The summed E-state index contributed by atoms with van der Waals surface area (Å²) in [5, 5.41) is 5.71. The number of rotatable bonds is 4. The summed E-state index contributed by atoms with van der Waals surface area (Å²) in [5.41, 5.74) is -2.47. The van der Waals surface area contributed by atoms with Crippen molar-refractivity contribution < 1.29 is 40.7 Å². The molecule has 1 aliphatic heterocycles. The van der Waals surface area contributed by atoms with Gasteiger partial charge in [-0.1, -0.05) is 12.1 Å². The van der Waals surface area contributed by atoms with Crippen LogP contribution >= 0.6 is 0 Å². The molecule has 0 saturated carbocycles. The van der Waals surface area contributed by atoms with Crippen molar-refractivity contribution in [2.75, 3.05) is 18.4 Å². The van der Waals surface area contributed by atoms with Crippen LogP contribution in [0.2, 0.25) is 0 Å². The highest BCUT2D eigenvalue weighted by Crippen LogP contribution is 2.36. The van der Waals surface area contributed by atoms with E-state index in [2.05, 4.69) is 10.4 Å². The topological polar surface area (TPSA) is 76.5 Å². The molecule has 41 heavy (non-hydrogen) atoms. The highest BCUT2D eigenvalue weighted by molar-refractivity contribution is 6.04. The largest absolute Gasteiger partial charge is 0.444 e. The Balaban J connectivity index is 1.38. The number of carbonyl (C=O) groups is 2. The molecule has 2 aromatic carbocycles. The Bertz CT molecular complexity index is 1380. The van der Waals surface area contributed by atoms with E-state index in [-0.39, 0.29) is 34.1 Å². The van der Waals surface area contributed by atoms with E-state index in [1.807, 2.05) is 32.9 Å². The van der Waals surface area contributed by atoms with Crippen molar-refractivity contribution in [2.45, 2.75) is 57.5 Å². The molecule has 1 saturated heterocycles. The van der Waals surface area contributed by atoms with E-state index in [1.165, 1.54) is 12.1 Å². The number of likely N-dealkylation sites (tertiary alicyclic amines) is 1. The molecule has 220 valence electrons. The number of ether oxygens (including phenoxy) is 1. The number of carbonyl (C=O) groups excluding carboxylic acids is 2. The summed E-state index contributed by atoms with van der Waals surface area (Å²) < 4.78 is 84.5. The summed E-state index contributed by atoms with van der Waals surface area (Å²) in [6, 6.07) is 11.7. The van der Waals surface area contributed by atoms with Crippen molar-refractivity contribution in [1.29, 1.82) is 0 Å². The molecule has 13 heteroatoms. The minimum atomic E-state index is -5.06. The third-order valence-corrected chi connectivity index (χ3v) is 6.45. The van der Waals surface area contributed by atoms with Gasteiger partial charge < -0.3 is 15.0 Å². The molecule has 3 aromatic rings. The first-order valence-corrected chi connectivity index (χ1v) is 12.8. The number of hydrogen-bond donors (Lipinski definition) is 1. The minimum absolute atomic E-state index is 0.0519. The SMILES string of the molecule is CC(C)(C)OC(=O)N1CCC(c2ccc(C(=O)Nc3ccc(-n4nc(C(F)(F)F)cc4C(F)(F)F)cc3)cc2)CC1. The smallest absolute Gasteiger partial charge is 0.435 e. The zero-order valence-corrected chi connectivity index (χ0v) is 22.4. The maximum absolute atomic E-state index is 13.3. The molecule has 2 heterocycles. The number of aromatic nitrogens is 2. The normalized spacial score (nSPS) is 15.1. The van der Waals surface area contributed by atoms with Crippen LogP contribution in [0.25, 0.3) is 5.69 Å². The summed E-state index contributed by atoms with van der Waals surface area (Å²) >= 11 is 0. The lowest BCUT2D eigenvalue weighted by molar-refractivity contribution is -0.143. The first kappa shape index (κ1) is 29.9. The van der Waals surface area contributed by atoms with Crippen LogP contribution in [-0.2, 0) is 17.1 Å². The van der Waals surface area contributed by atoms with E-state index in [0.29, 0.717) is 18.7 Å². The Kier molecular flexibility index (Phi) is 8.10. The second kappa shape index (κ2) is 11.1. The molecule has 2 amide bonds. The van der Waals surface area contributed by atoms with Crippen molar-refractivity contribution in [3.8, 4) is 5.69 Å². The lowest BCUT2D eigenvalue weighted by Gasteiger charge is -2.33. The summed E-state index contributed by atoms with van der Waals surface area (Å²) in [4.78, 5) is 26.7. The fraction of sp³-hybridized carbons (Fsp3) is 0.393. The molecule has 1 aliphatic rings. The molecule has 0 bridgehead atoms.